The monoisotopic (exact) mass is 663 g/mol. The quantitative estimate of drug-likeness (QED) is 0.150. The number of aliphatic hydroxyl groups excluding tert-OH is 1. The highest BCUT2D eigenvalue weighted by atomic mass is 32.2. The van der Waals surface area contributed by atoms with Crippen LogP contribution >= 0.6 is 0 Å². The van der Waals surface area contributed by atoms with E-state index >= 15 is 0 Å². The lowest BCUT2D eigenvalue weighted by atomic mass is 9.97. The normalized spacial score (nSPS) is 18.2. The average molecular weight is 664 g/mol. The van der Waals surface area contributed by atoms with Crippen LogP contribution in [0, 0.1) is 0 Å². The first-order valence-corrected chi connectivity index (χ1v) is 17.7. The van der Waals surface area contributed by atoms with Crippen molar-refractivity contribution in [1.29, 1.82) is 0 Å². The predicted molar refractivity (Wildman–Crippen MR) is 186 cm³/mol. The molecule has 0 spiro atoms. The minimum Gasteiger partial charge on any atom is -0.392 e. The van der Waals surface area contributed by atoms with E-state index in [4.69, 9.17) is 9.47 Å². The summed E-state index contributed by atoms with van der Waals surface area (Å²) in [6, 6.07) is 38.2. The Bertz CT molecular complexity index is 1850. The summed E-state index contributed by atoms with van der Waals surface area (Å²) in [6.45, 7) is 1.75. The average Bonchev–Trinajstić information content (AvgIpc) is 3.14. The van der Waals surface area contributed by atoms with Crippen LogP contribution in [0.25, 0.3) is 11.1 Å². The number of aliphatic hydroxyl groups is 1. The van der Waals surface area contributed by atoms with Gasteiger partial charge in [-0.2, -0.15) is 0 Å². The molecule has 0 bridgehead atoms. The number of pyridine rings is 1. The highest BCUT2D eigenvalue weighted by molar-refractivity contribution is 7.89. The first-order valence-electron chi connectivity index (χ1n) is 16.2. The molecule has 248 valence electrons. The van der Waals surface area contributed by atoms with Gasteiger partial charge in [0.25, 0.3) is 0 Å². The zero-order valence-corrected chi connectivity index (χ0v) is 27.8. The van der Waals surface area contributed by atoms with Crippen molar-refractivity contribution >= 4 is 10.0 Å². The van der Waals surface area contributed by atoms with Crippen molar-refractivity contribution in [3.05, 3.63) is 155 Å². The molecule has 1 aliphatic rings. The molecular formula is C39H41N3O5S. The Morgan fingerprint density at radius 1 is 0.833 bits per heavy atom. The van der Waals surface area contributed by atoms with Gasteiger partial charge in [0.2, 0.25) is 10.0 Å². The van der Waals surface area contributed by atoms with Crippen molar-refractivity contribution in [2.75, 3.05) is 20.1 Å². The van der Waals surface area contributed by atoms with Crippen molar-refractivity contribution in [3.8, 4) is 11.1 Å². The Morgan fingerprint density at radius 3 is 2.27 bits per heavy atom. The fourth-order valence-electron chi connectivity index (χ4n) is 5.95. The number of hydrogen-bond acceptors (Lipinski definition) is 7. The maximum absolute atomic E-state index is 12.9. The molecule has 3 atom stereocenters. The van der Waals surface area contributed by atoms with E-state index in [0.717, 1.165) is 58.6 Å². The van der Waals surface area contributed by atoms with Crippen LogP contribution in [0.15, 0.2) is 132 Å². The number of benzene rings is 4. The van der Waals surface area contributed by atoms with E-state index in [2.05, 4.69) is 21.7 Å². The Balaban J connectivity index is 1.18. The zero-order valence-electron chi connectivity index (χ0n) is 27.0. The van der Waals surface area contributed by atoms with E-state index in [-0.39, 0.29) is 30.3 Å². The summed E-state index contributed by atoms with van der Waals surface area (Å²) in [5, 5.41) is 9.55. The van der Waals surface area contributed by atoms with Crippen molar-refractivity contribution < 1.29 is 23.0 Å². The molecule has 0 unspecified atom stereocenters. The molecule has 48 heavy (non-hydrogen) atoms. The summed E-state index contributed by atoms with van der Waals surface area (Å²) < 4.78 is 41.6. The van der Waals surface area contributed by atoms with Crippen LogP contribution in [-0.4, -0.2) is 49.6 Å². The van der Waals surface area contributed by atoms with Gasteiger partial charge in [-0.05, 0) is 59.1 Å². The molecule has 2 N–H and O–H groups in total. The second-order valence-electron chi connectivity index (χ2n) is 12.1. The fourth-order valence-corrected chi connectivity index (χ4v) is 6.98. The second kappa shape index (κ2) is 15.8. The van der Waals surface area contributed by atoms with Crippen LogP contribution in [0.4, 0.5) is 0 Å². The van der Waals surface area contributed by atoms with Gasteiger partial charge in [-0.3, -0.25) is 4.98 Å². The Kier molecular flexibility index (Phi) is 11.1. The van der Waals surface area contributed by atoms with Gasteiger partial charge in [0.15, 0.2) is 6.29 Å². The highest BCUT2D eigenvalue weighted by Crippen LogP contribution is 2.39. The zero-order chi connectivity index (χ0) is 33.3. The number of hydrogen-bond donors (Lipinski definition) is 2. The number of ether oxygens (including phenoxy) is 2. The molecule has 0 amide bonds. The minimum absolute atomic E-state index is 0.00436. The highest BCUT2D eigenvalue weighted by Gasteiger charge is 2.33. The summed E-state index contributed by atoms with van der Waals surface area (Å²) in [5.41, 5.74) is 6.65. The van der Waals surface area contributed by atoms with Crippen LogP contribution in [0.1, 0.15) is 46.8 Å². The maximum Gasteiger partial charge on any atom is 0.240 e. The molecule has 2 heterocycles. The van der Waals surface area contributed by atoms with Gasteiger partial charge in [0.1, 0.15) is 0 Å². The first-order chi connectivity index (χ1) is 23.4. The van der Waals surface area contributed by atoms with Gasteiger partial charge in [-0.1, -0.05) is 97.1 Å². The van der Waals surface area contributed by atoms with Crippen molar-refractivity contribution in [3.63, 3.8) is 0 Å². The van der Waals surface area contributed by atoms with E-state index < -0.39 is 16.3 Å². The van der Waals surface area contributed by atoms with Crippen molar-refractivity contribution in [2.45, 2.75) is 49.4 Å². The van der Waals surface area contributed by atoms with E-state index in [1.54, 1.807) is 30.3 Å². The van der Waals surface area contributed by atoms with Gasteiger partial charge in [0.05, 0.1) is 23.7 Å². The third kappa shape index (κ3) is 8.62. The summed E-state index contributed by atoms with van der Waals surface area (Å²) >= 11 is 0. The van der Waals surface area contributed by atoms with Gasteiger partial charge < -0.3 is 19.5 Å². The van der Waals surface area contributed by atoms with E-state index in [0.29, 0.717) is 6.42 Å². The SMILES string of the molecule is CN(CCc1ccccn1)C[C@@H]1C[C@H](c2ccc(CO)cc2)O[C@H](c2ccc(-c3ccccc3CNS(=O)(=O)c3ccccc3)cc2)O1. The summed E-state index contributed by atoms with van der Waals surface area (Å²) in [6.07, 6.45) is 2.56. The molecule has 1 aliphatic heterocycles. The molecule has 1 saturated heterocycles. The molecular weight excluding hydrogens is 623 g/mol. The Morgan fingerprint density at radius 2 is 1.54 bits per heavy atom. The minimum atomic E-state index is -3.64. The fraction of sp³-hybridized carbons (Fsp3) is 0.256. The molecule has 0 saturated carbocycles. The smallest absolute Gasteiger partial charge is 0.240 e. The van der Waals surface area contributed by atoms with Crippen LogP contribution < -0.4 is 4.72 Å². The lowest BCUT2D eigenvalue weighted by Crippen LogP contribution is -2.38. The van der Waals surface area contributed by atoms with Crippen molar-refractivity contribution in [2.24, 2.45) is 0 Å². The number of nitrogens with one attached hydrogen (secondary N) is 1. The maximum atomic E-state index is 12.9. The number of likely N-dealkylation sites (N-methyl/N-ethyl adjacent to an activating group) is 1. The number of nitrogens with zero attached hydrogens (tertiary/aromatic N) is 2. The Labute approximate surface area is 283 Å². The lowest BCUT2D eigenvalue weighted by Gasteiger charge is -2.38. The van der Waals surface area contributed by atoms with Gasteiger partial charge in [0, 0.05) is 49.9 Å². The molecule has 0 radical (unpaired) electrons. The summed E-state index contributed by atoms with van der Waals surface area (Å²) in [7, 11) is -1.54. The van der Waals surface area contributed by atoms with Crippen LogP contribution in [0.5, 0.6) is 0 Å². The van der Waals surface area contributed by atoms with E-state index in [9.17, 15) is 13.5 Å². The van der Waals surface area contributed by atoms with Gasteiger partial charge >= 0.3 is 0 Å². The molecule has 0 aliphatic carbocycles. The number of rotatable bonds is 13. The van der Waals surface area contributed by atoms with Crippen LogP contribution in [0.3, 0.4) is 0 Å². The topological polar surface area (TPSA) is 101 Å². The van der Waals surface area contributed by atoms with Gasteiger partial charge in [-0.25, -0.2) is 13.1 Å². The van der Waals surface area contributed by atoms with Gasteiger partial charge in [-0.15, -0.1) is 0 Å². The second-order valence-corrected chi connectivity index (χ2v) is 13.9. The lowest BCUT2D eigenvalue weighted by molar-refractivity contribution is -0.252. The van der Waals surface area contributed by atoms with E-state index in [1.165, 1.54) is 0 Å². The third-order valence-corrected chi connectivity index (χ3v) is 10.0. The van der Waals surface area contributed by atoms with Crippen molar-refractivity contribution in [1.82, 2.24) is 14.6 Å². The first kappa shape index (κ1) is 33.7. The van der Waals surface area contributed by atoms with Crippen LogP contribution in [0.2, 0.25) is 0 Å². The summed E-state index contributed by atoms with van der Waals surface area (Å²) in [4.78, 5) is 6.97. The molecule has 8 nitrogen and oxygen atoms in total. The molecule has 9 heteroatoms. The molecule has 1 aromatic heterocycles. The Hall–Kier alpha value is -4.22. The summed E-state index contributed by atoms with van der Waals surface area (Å²) in [5.74, 6) is 0. The largest absolute Gasteiger partial charge is 0.392 e. The molecule has 1 fully saturated rings. The van der Waals surface area contributed by atoms with Crippen LogP contribution in [-0.2, 0) is 39.1 Å². The molecule has 6 rings (SSSR count). The predicted octanol–water partition coefficient (Wildman–Crippen LogP) is 6.44. The molecule has 5 aromatic rings. The molecule has 4 aromatic carbocycles. The van der Waals surface area contributed by atoms with E-state index in [1.807, 2.05) is 97.2 Å². The third-order valence-electron chi connectivity index (χ3n) is 8.62. The number of aromatic nitrogens is 1. The standard InChI is InChI=1S/C39H41N3O5S/c1-42(24-22-34-10-7-8-23-40-34)27-35-25-38(31-16-14-29(28-43)15-17-31)47-39(46-35)32-20-18-30(19-21-32)37-13-6-5-9-33(37)26-41-48(44,45)36-11-3-2-4-12-36/h2-21,23,35,38-39,41,43H,22,24-28H2,1H3/t35-,38+,39+/m0/s1. The number of sulfonamides is 1.